The van der Waals surface area contributed by atoms with Gasteiger partial charge < -0.3 is 5.32 Å². The van der Waals surface area contributed by atoms with E-state index in [-0.39, 0.29) is 17.8 Å². The highest BCUT2D eigenvalue weighted by molar-refractivity contribution is 7.13. The van der Waals surface area contributed by atoms with E-state index in [4.69, 9.17) is 0 Å². The van der Waals surface area contributed by atoms with Crippen LogP contribution in [0.25, 0.3) is 10.6 Å². The van der Waals surface area contributed by atoms with E-state index in [1.165, 1.54) is 41.7 Å². The predicted octanol–water partition coefficient (Wildman–Crippen LogP) is 2.52. The minimum atomic E-state index is -0.523. The molecule has 0 aliphatic carbocycles. The van der Waals surface area contributed by atoms with Crippen LogP contribution in [0.3, 0.4) is 0 Å². The van der Waals surface area contributed by atoms with Crippen LogP contribution in [0.1, 0.15) is 0 Å². The van der Waals surface area contributed by atoms with E-state index in [0.29, 0.717) is 11.4 Å². The minimum absolute atomic E-state index is 0.0699. The van der Waals surface area contributed by atoms with Gasteiger partial charge in [0.05, 0.1) is 9.80 Å². The van der Waals surface area contributed by atoms with Crippen molar-refractivity contribution in [3.05, 3.63) is 74.4 Å². The Morgan fingerprint density at radius 3 is 2.60 bits per heavy atom. The van der Waals surface area contributed by atoms with Gasteiger partial charge in [-0.15, -0.1) is 11.3 Å². The number of carbonyl (C=O) groups excluding carboxylic acids is 1. The van der Waals surface area contributed by atoms with E-state index in [0.717, 1.165) is 9.56 Å². The van der Waals surface area contributed by atoms with Crippen LogP contribution in [0.5, 0.6) is 0 Å². The van der Waals surface area contributed by atoms with Crippen molar-refractivity contribution in [2.45, 2.75) is 6.54 Å². The summed E-state index contributed by atoms with van der Waals surface area (Å²) < 4.78 is 1.08. The molecule has 1 N–H and O–H groups in total. The van der Waals surface area contributed by atoms with E-state index < -0.39 is 10.8 Å². The number of aromatic nitrogens is 2. The van der Waals surface area contributed by atoms with Crippen molar-refractivity contribution >= 4 is 28.6 Å². The summed E-state index contributed by atoms with van der Waals surface area (Å²) in [6.07, 6.45) is 0. The van der Waals surface area contributed by atoms with Crippen LogP contribution in [-0.4, -0.2) is 20.6 Å². The van der Waals surface area contributed by atoms with Crippen molar-refractivity contribution in [1.82, 2.24) is 9.78 Å². The van der Waals surface area contributed by atoms with Gasteiger partial charge in [-0.3, -0.25) is 19.7 Å². The summed E-state index contributed by atoms with van der Waals surface area (Å²) in [5.74, 6) is -0.452. The normalized spacial score (nSPS) is 10.4. The first-order chi connectivity index (χ1) is 12.0. The average Bonchev–Trinajstić information content (AvgIpc) is 3.12. The molecule has 0 unspecified atom stereocenters. The van der Waals surface area contributed by atoms with Crippen LogP contribution >= 0.6 is 11.3 Å². The summed E-state index contributed by atoms with van der Waals surface area (Å²) in [6, 6.07) is 12.1. The second-order valence-corrected chi connectivity index (χ2v) is 5.99. The molecule has 0 aliphatic heterocycles. The molecule has 0 radical (unpaired) electrons. The number of rotatable bonds is 5. The fourth-order valence-corrected chi connectivity index (χ4v) is 2.81. The summed E-state index contributed by atoms with van der Waals surface area (Å²) in [5, 5.41) is 19.3. The summed E-state index contributed by atoms with van der Waals surface area (Å²) >= 11 is 1.48. The molecule has 2 aromatic heterocycles. The Kier molecular flexibility index (Phi) is 4.66. The minimum Gasteiger partial charge on any atom is -0.324 e. The van der Waals surface area contributed by atoms with Gasteiger partial charge in [0, 0.05) is 23.9 Å². The molecule has 25 heavy (non-hydrogen) atoms. The summed E-state index contributed by atoms with van der Waals surface area (Å²) in [4.78, 5) is 35.0. The second-order valence-electron chi connectivity index (χ2n) is 5.04. The SMILES string of the molecule is O=C(Cn1nc(-c2cccs2)ccc1=O)Nc1ccc([N+](=O)[O-])cc1. The molecule has 0 spiro atoms. The lowest BCUT2D eigenvalue weighted by Crippen LogP contribution is -2.29. The number of carbonyl (C=O) groups is 1. The van der Waals surface area contributed by atoms with E-state index >= 15 is 0 Å². The van der Waals surface area contributed by atoms with Crippen LogP contribution in [0.2, 0.25) is 0 Å². The first-order valence-electron chi connectivity index (χ1n) is 7.19. The third-order valence-corrected chi connectivity index (χ3v) is 4.19. The molecule has 0 fully saturated rings. The van der Waals surface area contributed by atoms with E-state index in [1.54, 1.807) is 6.07 Å². The Morgan fingerprint density at radius 1 is 1.20 bits per heavy atom. The number of nitrogens with one attached hydrogen (secondary N) is 1. The van der Waals surface area contributed by atoms with E-state index in [1.807, 2.05) is 17.5 Å². The van der Waals surface area contributed by atoms with Gasteiger partial charge in [-0.1, -0.05) is 6.07 Å². The zero-order chi connectivity index (χ0) is 17.8. The smallest absolute Gasteiger partial charge is 0.269 e. The second kappa shape index (κ2) is 7.05. The first-order valence-corrected chi connectivity index (χ1v) is 8.07. The number of anilines is 1. The standard InChI is InChI=1S/C16H12N4O4S/c21-15(17-11-3-5-12(6-4-11)20(23)24)10-19-16(22)8-7-13(18-19)14-2-1-9-25-14/h1-9H,10H2,(H,17,21). The highest BCUT2D eigenvalue weighted by atomic mass is 32.1. The average molecular weight is 356 g/mol. The molecule has 0 saturated carbocycles. The van der Waals surface area contributed by atoms with Gasteiger partial charge in [0.15, 0.2) is 0 Å². The number of hydrogen-bond acceptors (Lipinski definition) is 6. The number of non-ortho nitro benzene ring substituents is 1. The number of hydrogen-bond donors (Lipinski definition) is 1. The van der Waals surface area contributed by atoms with Gasteiger partial charge >= 0.3 is 0 Å². The summed E-state index contributed by atoms with van der Waals surface area (Å²) in [5.41, 5.74) is 0.550. The number of nitrogens with zero attached hydrogens (tertiary/aromatic N) is 3. The van der Waals surface area contributed by atoms with Crippen molar-refractivity contribution in [2.24, 2.45) is 0 Å². The molecule has 0 atom stereocenters. The molecule has 3 aromatic rings. The van der Waals surface area contributed by atoms with Crippen LogP contribution in [-0.2, 0) is 11.3 Å². The fraction of sp³-hybridized carbons (Fsp3) is 0.0625. The maximum absolute atomic E-state index is 12.1. The molecule has 0 aliphatic rings. The number of benzene rings is 1. The molecule has 1 amide bonds. The molecule has 3 rings (SSSR count). The number of amides is 1. The zero-order valence-electron chi connectivity index (χ0n) is 12.8. The van der Waals surface area contributed by atoms with Gasteiger partial charge in [0.1, 0.15) is 12.2 Å². The number of thiophene rings is 1. The Hall–Kier alpha value is -3.33. The van der Waals surface area contributed by atoms with Crippen molar-refractivity contribution in [1.29, 1.82) is 0 Å². The highest BCUT2D eigenvalue weighted by Gasteiger charge is 2.10. The van der Waals surface area contributed by atoms with Crippen LogP contribution in [0.4, 0.5) is 11.4 Å². The molecule has 8 nitrogen and oxygen atoms in total. The summed E-state index contributed by atoms with van der Waals surface area (Å²) in [6.45, 7) is -0.255. The van der Waals surface area contributed by atoms with Crippen LogP contribution in [0, 0.1) is 10.1 Å². The monoisotopic (exact) mass is 356 g/mol. The van der Waals surface area contributed by atoms with Crippen molar-refractivity contribution in [3.63, 3.8) is 0 Å². The van der Waals surface area contributed by atoms with Crippen LogP contribution in [0.15, 0.2) is 58.7 Å². The van der Waals surface area contributed by atoms with E-state index in [9.17, 15) is 19.7 Å². The van der Waals surface area contributed by atoms with Gasteiger partial charge in [-0.05, 0) is 29.6 Å². The van der Waals surface area contributed by atoms with Crippen molar-refractivity contribution < 1.29 is 9.72 Å². The molecule has 0 saturated heterocycles. The van der Waals surface area contributed by atoms with Crippen LogP contribution < -0.4 is 10.9 Å². The first kappa shape index (κ1) is 16.5. The summed E-state index contributed by atoms with van der Waals surface area (Å²) in [7, 11) is 0. The molecular formula is C16H12N4O4S. The topological polar surface area (TPSA) is 107 Å². The fourth-order valence-electron chi connectivity index (χ4n) is 2.12. The Balaban J connectivity index is 1.73. The lowest BCUT2D eigenvalue weighted by Gasteiger charge is -2.07. The van der Waals surface area contributed by atoms with Gasteiger partial charge in [-0.25, -0.2) is 4.68 Å². The molecule has 2 heterocycles. The number of nitro benzene ring substituents is 1. The third kappa shape index (κ3) is 3.96. The van der Waals surface area contributed by atoms with Crippen molar-refractivity contribution in [2.75, 3.05) is 5.32 Å². The quantitative estimate of drug-likeness (QED) is 0.558. The van der Waals surface area contributed by atoms with E-state index in [2.05, 4.69) is 10.4 Å². The van der Waals surface area contributed by atoms with Crippen molar-refractivity contribution in [3.8, 4) is 10.6 Å². The lowest BCUT2D eigenvalue weighted by molar-refractivity contribution is -0.384. The molecular weight excluding hydrogens is 344 g/mol. The highest BCUT2D eigenvalue weighted by Crippen LogP contribution is 2.21. The van der Waals surface area contributed by atoms with Gasteiger partial charge in [0.25, 0.3) is 11.2 Å². The maximum Gasteiger partial charge on any atom is 0.269 e. The Bertz CT molecular complexity index is 965. The lowest BCUT2D eigenvalue weighted by atomic mass is 10.3. The van der Waals surface area contributed by atoms with Gasteiger partial charge in [0.2, 0.25) is 5.91 Å². The Morgan fingerprint density at radius 2 is 1.96 bits per heavy atom. The molecule has 9 heteroatoms. The van der Waals surface area contributed by atoms with Gasteiger partial charge in [-0.2, -0.15) is 5.10 Å². The third-order valence-electron chi connectivity index (χ3n) is 3.30. The largest absolute Gasteiger partial charge is 0.324 e. The maximum atomic E-state index is 12.1. The Labute approximate surface area is 145 Å². The number of nitro groups is 1. The molecule has 126 valence electrons. The predicted molar refractivity (Wildman–Crippen MR) is 93.5 cm³/mol. The molecule has 1 aromatic carbocycles. The zero-order valence-corrected chi connectivity index (χ0v) is 13.6. The molecule has 0 bridgehead atoms.